The van der Waals surface area contributed by atoms with Crippen LogP contribution in [0.15, 0.2) is 54.7 Å². The normalized spacial score (nSPS) is 12.2. The average molecular weight is 281 g/mol. The van der Waals surface area contributed by atoms with Crippen LogP contribution in [0.1, 0.15) is 22.0 Å². The van der Waals surface area contributed by atoms with Crippen LogP contribution in [0.25, 0.3) is 10.9 Å². The molecule has 1 unspecified atom stereocenters. The van der Waals surface area contributed by atoms with Gasteiger partial charge in [-0.05, 0) is 17.7 Å². The van der Waals surface area contributed by atoms with Crippen molar-refractivity contribution in [2.24, 2.45) is 0 Å². The van der Waals surface area contributed by atoms with Gasteiger partial charge in [-0.3, -0.25) is 9.89 Å². The van der Waals surface area contributed by atoms with E-state index in [9.17, 15) is 9.90 Å². The van der Waals surface area contributed by atoms with E-state index in [1.54, 1.807) is 18.3 Å². The SMILES string of the molecule is O=C(NC(CO)c1ccccc1)c1ccc2cn[nH]c2c1. The Hall–Kier alpha value is -2.66. The molecule has 21 heavy (non-hydrogen) atoms. The molecule has 0 saturated heterocycles. The molecule has 5 heteroatoms. The predicted molar refractivity (Wildman–Crippen MR) is 79.8 cm³/mol. The number of H-pyrrole nitrogens is 1. The van der Waals surface area contributed by atoms with E-state index < -0.39 is 6.04 Å². The van der Waals surface area contributed by atoms with E-state index >= 15 is 0 Å². The summed E-state index contributed by atoms with van der Waals surface area (Å²) in [5, 5.41) is 20.0. The maximum absolute atomic E-state index is 12.3. The summed E-state index contributed by atoms with van der Waals surface area (Å²) in [7, 11) is 0. The number of aromatic nitrogens is 2. The van der Waals surface area contributed by atoms with Crippen molar-refractivity contribution < 1.29 is 9.90 Å². The minimum Gasteiger partial charge on any atom is -0.394 e. The maximum Gasteiger partial charge on any atom is 0.251 e. The number of hydrogen-bond acceptors (Lipinski definition) is 3. The first-order chi connectivity index (χ1) is 10.3. The number of nitrogens with zero attached hydrogens (tertiary/aromatic N) is 1. The lowest BCUT2D eigenvalue weighted by Gasteiger charge is -2.16. The number of aromatic amines is 1. The second kappa shape index (κ2) is 5.76. The van der Waals surface area contributed by atoms with Gasteiger partial charge in [-0.25, -0.2) is 0 Å². The van der Waals surface area contributed by atoms with Crippen LogP contribution in [0, 0.1) is 0 Å². The zero-order valence-corrected chi connectivity index (χ0v) is 11.3. The summed E-state index contributed by atoms with van der Waals surface area (Å²) < 4.78 is 0. The van der Waals surface area contributed by atoms with E-state index in [4.69, 9.17) is 0 Å². The molecular formula is C16H15N3O2. The van der Waals surface area contributed by atoms with Crippen molar-refractivity contribution >= 4 is 16.8 Å². The Morgan fingerprint density at radius 3 is 2.81 bits per heavy atom. The van der Waals surface area contributed by atoms with Crippen LogP contribution in [-0.4, -0.2) is 27.8 Å². The van der Waals surface area contributed by atoms with Gasteiger partial charge in [0, 0.05) is 10.9 Å². The molecule has 3 rings (SSSR count). The van der Waals surface area contributed by atoms with Gasteiger partial charge in [-0.1, -0.05) is 36.4 Å². The van der Waals surface area contributed by atoms with Crippen LogP contribution in [0.2, 0.25) is 0 Å². The quantitative estimate of drug-likeness (QED) is 0.684. The summed E-state index contributed by atoms with van der Waals surface area (Å²) >= 11 is 0. The Kier molecular flexibility index (Phi) is 3.66. The monoisotopic (exact) mass is 281 g/mol. The molecule has 0 fully saturated rings. The average Bonchev–Trinajstić information content (AvgIpc) is 3.00. The van der Waals surface area contributed by atoms with Gasteiger partial charge >= 0.3 is 0 Å². The number of nitrogens with one attached hydrogen (secondary N) is 2. The molecule has 3 aromatic rings. The molecule has 0 saturated carbocycles. The molecule has 1 heterocycles. The minimum atomic E-state index is -0.420. The first-order valence-electron chi connectivity index (χ1n) is 6.68. The van der Waals surface area contributed by atoms with Crippen molar-refractivity contribution in [1.29, 1.82) is 0 Å². The second-order valence-corrected chi connectivity index (χ2v) is 4.79. The third-order valence-electron chi connectivity index (χ3n) is 3.39. The fraction of sp³-hybridized carbons (Fsp3) is 0.125. The first kappa shape index (κ1) is 13.3. The fourth-order valence-electron chi connectivity index (χ4n) is 2.24. The highest BCUT2D eigenvalue weighted by Crippen LogP contribution is 2.15. The smallest absolute Gasteiger partial charge is 0.251 e. The Morgan fingerprint density at radius 2 is 2.05 bits per heavy atom. The van der Waals surface area contributed by atoms with Gasteiger partial charge in [0.15, 0.2) is 0 Å². The van der Waals surface area contributed by atoms with Crippen LogP contribution in [0.5, 0.6) is 0 Å². The lowest BCUT2D eigenvalue weighted by Crippen LogP contribution is -2.30. The van der Waals surface area contributed by atoms with Gasteiger partial charge in [0.05, 0.1) is 24.4 Å². The summed E-state index contributed by atoms with van der Waals surface area (Å²) in [5.41, 5.74) is 2.21. The van der Waals surface area contributed by atoms with Crippen molar-refractivity contribution in [2.75, 3.05) is 6.61 Å². The molecular weight excluding hydrogens is 266 g/mol. The van der Waals surface area contributed by atoms with Crippen molar-refractivity contribution in [1.82, 2.24) is 15.5 Å². The number of carbonyl (C=O) groups is 1. The largest absolute Gasteiger partial charge is 0.394 e. The molecule has 0 radical (unpaired) electrons. The zero-order chi connectivity index (χ0) is 14.7. The topological polar surface area (TPSA) is 78.0 Å². The number of benzene rings is 2. The van der Waals surface area contributed by atoms with Crippen molar-refractivity contribution in [3.05, 3.63) is 65.9 Å². The van der Waals surface area contributed by atoms with Gasteiger partial charge in [0.25, 0.3) is 5.91 Å². The van der Waals surface area contributed by atoms with Crippen LogP contribution in [0.4, 0.5) is 0 Å². The molecule has 5 nitrogen and oxygen atoms in total. The van der Waals surface area contributed by atoms with Gasteiger partial charge in [0.2, 0.25) is 0 Å². The van der Waals surface area contributed by atoms with Crippen LogP contribution >= 0.6 is 0 Å². The Bertz CT molecular complexity index is 752. The fourth-order valence-corrected chi connectivity index (χ4v) is 2.24. The number of aliphatic hydroxyl groups is 1. The molecule has 1 aromatic heterocycles. The number of amides is 1. The molecule has 1 atom stereocenters. The molecule has 1 amide bonds. The third-order valence-corrected chi connectivity index (χ3v) is 3.39. The summed E-state index contributed by atoms with van der Waals surface area (Å²) in [6.07, 6.45) is 1.71. The lowest BCUT2D eigenvalue weighted by atomic mass is 10.1. The van der Waals surface area contributed by atoms with Crippen molar-refractivity contribution in [3.63, 3.8) is 0 Å². The number of rotatable bonds is 4. The van der Waals surface area contributed by atoms with Crippen LogP contribution in [-0.2, 0) is 0 Å². The first-order valence-corrected chi connectivity index (χ1v) is 6.68. The summed E-state index contributed by atoms with van der Waals surface area (Å²) in [6, 6.07) is 14.3. The summed E-state index contributed by atoms with van der Waals surface area (Å²) in [4.78, 5) is 12.3. The summed E-state index contributed by atoms with van der Waals surface area (Å²) in [5.74, 6) is -0.227. The summed E-state index contributed by atoms with van der Waals surface area (Å²) in [6.45, 7) is -0.151. The number of fused-ring (bicyclic) bond motifs is 1. The molecule has 0 aliphatic heterocycles. The molecule has 0 aliphatic rings. The van der Waals surface area contributed by atoms with Crippen LogP contribution in [0.3, 0.4) is 0 Å². The van der Waals surface area contributed by atoms with E-state index in [0.29, 0.717) is 5.56 Å². The molecule has 3 N–H and O–H groups in total. The highest BCUT2D eigenvalue weighted by molar-refractivity contribution is 5.97. The standard InChI is InChI=1S/C16H15N3O2/c20-10-15(11-4-2-1-3-5-11)18-16(21)12-6-7-13-9-17-19-14(13)8-12/h1-9,15,20H,10H2,(H,17,19)(H,18,21). The predicted octanol–water partition coefficient (Wildman–Crippen LogP) is 2.03. The van der Waals surface area contributed by atoms with Crippen molar-refractivity contribution in [2.45, 2.75) is 6.04 Å². The second-order valence-electron chi connectivity index (χ2n) is 4.79. The Balaban J connectivity index is 1.81. The Morgan fingerprint density at radius 1 is 1.24 bits per heavy atom. The third kappa shape index (κ3) is 2.78. The Labute approximate surface area is 121 Å². The van der Waals surface area contributed by atoms with Crippen LogP contribution < -0.4 is 5.32 Å². The van der Waals surface area contributed by atoms with E-state index in [0.717, 1.165) is 16.5 Å². The van der Waals surface area contributed by atoms with Gasteiger partial charge in [-0.2, -0.15) is 5.10 Å². The highest BCUT2D eigenvalue weighted by Gasteiger charge is 2.15. The molecule has 0 bridgehead atoms. The molecule has 2 aromatic carbocycles. The van der Waals surface area contributed by atoms with Gasteiger partial charge < -0.3 is 10.4 Å². The highest BCUT2D eigenvalue weighted by atomic mass is 16.3. The number of aliphatic hydroxyl groups excluding tert-OH is 1. The van der Waals surface area contributed by atoms with Crippen molar-refractivity contribution in [3.8, 4) is 0 Å². The molecule has 0 aliphatic carbocycles. The molecule has 106 valence electrons. The zero-order valence-electron chi connectivity index (χ0n) is 11.3. The van der Waals surface area contributed by atoms with E-state index in [-0.39, 0.29) is 12.5 Å². The number of carbonyl (C=O) groups excluding carboxylic acids is 1. The minimum absolute atomic E-state index is 0.151. The van der Waals surface area contributed by atoms with E-state index in [1.165, 1.54) is 0 Å². The molecule has 0 spiro atoms. The maximum atomic E-state index is 12.3. The number of hydrogen-bond donors (Lipinski definition) is 3. The van der Waals surface area contributed by atoms with Gasteiger partial charge in [0.1, 0.15) is 0 Å². The van der Waals surface area contributed by atoms with E-state index in [1.807, 2.05) is 36.4 Å². The van der Waals surface area contributed by atoms with Gasteiger partial charge in [-0.15, -0.1) is 0 Å². The van der Waals surface area contributed by atoms with E-state index in [2.05, 4.69) is 15.5 Å². The lowest BCUT2D eigenvalue weighted by molar-refractivity contribution is 0.0916.